The summed E-state index contributed by atoms with van der Waals surface area (Å²) in [5, 5.41) is 5.58. The Morgan fingerprint density at radius 3 is 2.33 bits per heavy atom. The van der Waals surface area contributed by atoms with Gasteiger partial charge in [0.2, 0.25) is 0 Å². The van der Waals surface area contributed by atoms with Gasteiger partial charge in [-0.3, -0.25) is 9.59 Å². The van der Waals surface area contributed by atoms with Crippen molar-refractivity contribution in [1.29, 1.82) is 0 Å². The molecule has 0 heterocycles. The first-order valence-corrected chi connectivity index (χ1v) is 9.71. The third kappa shape index (κ3) is 5.44. The number of rotatable bonds is 8. The van der Waals surface area contributed by atoms with Gasteiger partial charge >= 0.3 is 0 Å². The summed E-state index contributed by atoms with van der Waals surface area (Å²) in [5.41, 5.74) is 1.67. The maximum Gasteiger partial charge on any atom is 0.265 e. The van der Waals surface area contributed by atoms with E-state index in [2.05, 4.69) is 10.6 Å². The highest BCUT2D eigenvalue weighted by atomic mass is 19.1. The van der Waals surface area contributed by atoms with E-state index in [9.17, 15) is 14.0 Å². The van der Waals surface area contributed by atoms with Crippen molar-refractivity contribution in [2.75, 3.05) is 5.32 Å². The zero-order valence-corrected chi connectivity index (χ0v) is 16.6. The molecule has 3 aromatic carbocycles. The SMILES string of the molecule is CCC(Oc1ccccc1F)C(=O)Nc1ccccc1C(=O)NCc1ccccc1. The molecule has 0 saturated carbocycles. The van der Waals surface area contributed by atoms with Crippen molar-refractivity contribution in [3.63, 3.8) is 0 Å². The highest BCUT2D eigenvalue weighted by Gasteiger charge is 2.22. The highest BCUT2D eigenvalue weighted by Crippen LogP contribution is 2.20. The molecule has 0 fully saturated rings. The first kappa shape index (κ1) is 21.0. The number of amides is 2. The first-order chi connectivity index (χ1) is 14.6. The number of nitrogens with one attached hydrogen (secondary N) is 2. The Bertz CT molecular complexity index is 1010. The predicted molar refractivity (Wildman–Crippen MR) is 114 cm³/mol. The number of ether oxygens (including phenoxy) is 1. The van der Waals surface area contributed by atoms with Crippen LogP contribution in [-0.4, -0.2) is 17.9 Å². The zero-order valence-electron chi connectivity index (χ0n) is 16.6. The summed E-state index contributed by atoms with van der Waals surface area (Å²) in [6.45, 7) is 2.14. The summed E-state index contributed by atoms with van der Waals surface area (Å²) < 4.78 is 19.4. The van der Waals surface area contributed by atoms with Crippen molar-refractivity contribution in [2.45, 2.75) is 26.0 Å². The van der Waals surface area contributed by atoms with Gasteiger partial charge in [-0.15, -0.1) is 0 Å². The quantitative estimate of drug-likeness (QED) is 0.577. The summed E-state index contributed by atoms with van der Waals surface area (Å²) in [5.74, 6) is -1.29. The number of para-hydroxylation sites is 2. The summed E-state index contributed by atoms with van der Waals surface area (Å²) in [4.78, 5) is 25.4. The van der Waals surface area contributed by atoms with E-state index >= 15 is 0 Å². The number of hydrogen-bond donors (Lipinski definition) is 2. The Morgan fingerprint density at radius 2 is 1.60 bits per heavy atom. The third-order valence-electron chi connectivity index (χ3n) is 4.49. The van der Waals surface area contributed by atoms with Gasteiger partial charge in [-0.25, -0.2) is 4.39 Å². The second-order valence-electron chi connectivity index (χ2n) is 6.65. The average Bonchev–Trinajstić information content (AvgIpc) is 2.78. The number of carbonyl (C=O) groups is 2. The fourth-order valence-electron chi connectivity index (χ4n) is 2.89. The Balaban J connectivity index is 1.69. The predicted octanol–water partition coefficient (Wildman–Crippen LogP) is 4.55. The Labute approximate surface area is 174 Å². The number of anilines is 1. The molecule has 3 rings (SSSR count). The second kappa shape index (κ2) is 10.2. The van der Waals surface area contributed by atoms with Gasteiger partial charge in [0.1, 0.15) is 0 Å². The van der Waals surface area contributed by atoms with Crippen LogP contribution >= 0.6 is 0 Å². The van der Waals surface area contributed by atoms with E-state index in [1.54, 1.807) is 43.3 Å². The molecular formula is C24H23FN2O3. The van der Waals surface area contributed by atoms with E-state index < -0.39 is 17.8 Å². The Hall–Kier alpha value is -3.67. The van der Waals surface area contributed by atoms with Crippen molar-refractivity contribution < 1.29 is 18.7 Å². The molecule has 0 aromatic heterocycles. The molecule has 6 heteroatoms. The van der Waals surface area contributed by atoms with E-state index in [0.717, 1.165) is 5.56 Å². The normalized spacial score (nSPS) is 11.4. The van der Waals surface area contributed by atoms with Crippen LogP contribution in [0.15, 0.2) is 78.9 Å². The number of halogens is 1. The van der Waals surface area contributed by atoms with Crippen LogP contribution in [0.4, 0.5) is 10.1 Å². The van der Waals surface area contributed by atoms with Crippen LogP contribution in [0, 0.1) is 5.82 Å². The lowest BCUT2D eigenvalue weighted by molar-refractivity contribution is -0.122. The minimum atomic E-state index is -0.901. The van der Waals surface area contributed by atoms with E-state index in [0.29, 0.717) is 24.2 Å². The molecule has 0 aliphatic heterocycles. The number of hydrogen-bond acceptors (Lipinski definition) is 3. The second-order valence-corrected chi connectivity index (χ2v) is 6.65. The third-order valence-corrected chi connectivity index (χ3v) is 4.49. The largest absolute Gasteiger partial charge is 0.478 e. The van der Waals surface area contributed by atoms with Crippen molar-refractivity contribution in [1.82, 2.24) is 5.32 Å². The van der Waals surface area contributed by atoms with Crippen LogP contribution in [0.25, 0.3) is 0 Å². The van der Waals surface area contributed by atoms with Crippen molar-refractivity contribution >= 4 is 17.5 Å². The topological polar surface area (TPSA) is 67.4 Å². The standard InChI is InChI=1S/C24H23FN2O3/c1-2-21(30-22-15-9-7-13-19(22)25)24(29)27-20-14-8-6-12-18(20)23(28)26-16-17-10-4-3-5-11-17/h3-15,21H,2,16H2,1H3,(H,26,28)(H,27,29). The molecule has 154 valence electrons. The average molecular weight is 406 g/mol. The molecular weight excluding hydrogens is 383 g/mol. The maximum atomic E-state index is 13.9. The van der Waals surface area contributed by atoms with Crippen LogP contribution < -0.4 is 15.4 Å². The molecule has 0 bridgehead atoms. The van der Waals surface area contributed by atoms with Gasteiger partial charge in [0.15, 0.2) is 17.7 Å². The minimum Gasteiger partial charge on any atom is -0.478 e. The van der Waals surface area contributed by atoms with Gasteiger partial charge in [0.05, 0.1) is 11.3 Å². The van der Waals surface area contributed by atoms with Crippen LogP contribution in [0.1, 0.15) is 29.3 Å². The molecule has 0 aliphatic carbocycles. The van der Waals surface area contributed by atoms with Crippen LogP contribution in [0.5, 0.6) is 5.75 Å². The van der Waals surface area contributed by atoms with Crippen molar-refractivity contribution in [3.8, 4) is 5.75 Å². The van der Waals surface area contributed by atoms with Gasteiger partial charge in [-0.2, -0.15) is 0 Å². The molecule has 0 radical (unpaired) electrons. The summed E-state index contributed by atoms with van der Waals surface area (Å²) >= 11 is 0. The van der Waals surface area contributed by atoms with Gasteiger partial charge < -0.3 is 15.4 Å². The number of benzene rings is 3. The summed E-state index contributed by atoms with van der Waals surface area (Å²) in [6, 6.07) is 22.2. The lowest BCUT2D eigenvalue weighted by Crippen LogP contribution is -2.33. The lowest BCUT2D eigenvalue weighted by atomic mass is 10.1. The molecule has 5 nitrogen and oxygen atoms in total. The van der Waals surface area contributed by atoms with Crippen LogP contribution in [0.2, 0.25) is 0 Å². The smallest absolute Gasteiger partial charge is 0.265 e. The van der Waals surface area contributed by atoms with E-state index in [-0.39, 0.29) is 11.7 Å². The molecule has 2 amide bonds. The van der Waals surface area contributed by atoms with Crippen LogP contribution in [0.3, 0.4) is 0 Å². The Morgan fingerprint density at radius 1 is 0.933 bits per heavy atom. The number of carbonyl (C=O) groups excluding carboxylic acids is 2. The molecule has 0 aliphatic rings. The fraction of sp³-hybridized carbons (Fsp3) is 0.167. The summed E-state index contributed by atoms with van der Waals surface area (Å²) in [7, 11) is 0. The summed E-state index contributed by atoms with van der Waals surface area (Å²) in [6.07, 6.45) is -0.565. The fourth-order valence-corrected chi connectivity index (χ4v) is 2.89. The molecule has 30 heavy (non-hydrogen) atoms. The molecule has 3 aromatic rings. The molecule has 2 N–H and O–H groups in total. The molecule has 1 unspecified atom stereocenters. The maximum absolute atomic E-state index is 13.9. The van der Waals surface area contributed by atoms with Gasteiger partial charge in [0, 0.05) is 6.54 Å². The van der Waals surface area contributed by atoms with Crippen LogP contribution in [-0.2, 0) is 11.3 Å². The van der Waals surface area contributed by atoms with E-state index in [4.69, 9.17) is 4.74 Å². The van der Waals surface area contributed by atoms with Crippen molar-refractivity contribution in [2.24, 2.45) is 0 Å². The lowest BCUT2D eigenvalue weighted by Gasteiger charge is -2.19. The van der Waals surface area contributed by atoms with Crippen molar-refractivity contribution in [3.05, 3.63) is 95.8 Å². The zero-order chi connectivity index (χ0) is 21.3. The molecule has 1 atom stereocenters. The Kier molecular flexibility index (Phi) is 7.16. The van der Waals surface area contributed by atoms with E-state index in [1.807, 2.05) is 30.3 Å². The first-order valence-electron chi connectivity index (χ1n) is 9.71. The van der Waals surface area contributed by atoms with Gasteiger partial charge in [0.25, 0.3) is 11.8 Å². The van der Waals surface area contributed by atoms with E-state index in [1.165, 1.54) is 12.1 Å². The molecule has 0 saturated heterocycles. The molecule has 0 spiro atoms. The monoisotopic (exact) mass is 406 g/mol. The highest BCUT2D eigenvalue weighted by molar-refractivity contribution is 6.04. The minimum absolute atomic E-state index is 0.00777. The van der Waals surface area contributed by atoms with Gasteiger partial charge in [-0.05, 0) is 36.2 Å². The van der Waals surface area contributed by atoms with Gasteiger partial charge in [-0.1, -0.05) is 61.5 Å².